The van der Waals surface area contributed by atoms with Gasteiger partial charge in [0.1, 0.15) is 11.8 Å². The molecule has 0 radical (unpaired) electrons. The zero-order chi connectivity index (χ0) is 12.1. The zero-order valence-electron chi connectivity index (χ0n) is 10.0. The maximum absolute atomic E-state index is 5.86. The van der Waals surface area contributed by atoms with Gasteiger partial charge in [-0.15, -0.1) is 0 Å². The molecule has 0 aliphatic heterocycles. The number of aromatic nitrogens is 2. The van der Waals surface area contributed by atoms with Gasteiger partial charge >= 0.3 is 0 Å². The highest BCUT2D eigenvalue weighted by atomic mass is 35.5. The van der Waals surface area contributed by atoms with Crippen LogP contribution in [-0.2, 0) is 11.3 Å². The Morgan fingerprint density at radius 3 is 2.56 bits per heavy atom. The zero-order valence-corrected chi connectivity index (χ0v) is 10.8. The van der Waals surface area contributed by atoms with Crippen LogP contribution < -0.4 is 4.74 Å². The molecule has 1 unspecified atom stereocenters. The molecule has 0 aromatic carbocycles. The summed E-state index contributed by atoms with van der Waals surface area (Å²) < 4.78 is 10.6. The van der Waals surface area contributed by atoms with Crippen molar-refractivity contribution in [2.24, 2.45) is 5.92 Å². The Morgan fingerprint density at radius 1 is 1.31 bits per heavy atom. The highest BCUT2D eigenvalue weighted by Crippen LogP contribution is 2.17. The van der Waals surface area contributed by atoms with Gasteiger partial charge in [-0.3, -0.25) is 0 Å². The monoisotopic (exact) mass is 244 g/mol. The second-order valence-corrected chi connectivity index (χ2v) is 4.33. The van der Waals surface area contributed by atoms with E-state index in [4.69, 9.17) is 21.1 Å². The predicted molar refractivity (Wildman–Crippen MR) is 62.7 cm³/mol. The van der Waals surface area contributed by atoms with Crippen LogP contribution in [0.1, 0.15) is 26.6 Å². The van der Waals surface area contributed by atoms with Crippen molar-refractivity contribution in [1.29, 1.82) is 0 Å². The van der Waals surface area contributed by atoms with Crippen molar-refractivity contribution in [3.05, 3.63) is 17.0 Å². The van der Waals surface area contributed by atoms with Gasteiger partial charge in [-0.05, 0) is 12.8 Å². The summed E-state index contributed by atoms with van der Waals surface area (Å²) in [6.45, 7) is 6.50. The van der Waals surface area contributed by atoms with E-state index in [-0.39, 0.29) is 6.10 Å². The summed E-state index contributed by atoms with van der Waals surface area (Å²) in [5, 5.41) is 0.369. The summed E-state index contributed by atoms with van der Waals surface area (Å²) in [6.07, 6.45) is 0.0846. The standard InChI is InChI=1S/C11H17ClN2O2/c1-7(2)8(3)16-11-5-9(12)13-10(14-11)6-15-4/h5,7-8H,6H2,1-4H3. The minimum absolute atomic E-state index is 0.0846. The molecule has 1 atom stereocenters. The second kappa shape index (κ2) is 6.01. The molecule has 0 N–H and O–H groups in total. The minimum atomic E-state index is 0.0846. The van der Waals surface area contributed by atoms with E-state index in [1.807, 2.05) is 6.92 Å². The summed E-state index contributed by atoms with van der Waals surface area (Å²) in [6, 6.07) is 1.61. The number of methoxy groups -OCH3 is 1. The Hall–Kier alpha value is -0.870. The first-order chi connectivity index (χ1) is 7.52. The fourth-order valence-corrected chi connectivity index (χ4v) is 1.21. The lowest BCUT2D eigenvalue weighted by atomic mass is 10.1. The van der Waals surface area contributed by atoms with Gasteiger partial charge in [-0.2, -0.15) is 4.98 Å². The quantitative estimate of drug-likeness (QED) is 0.747. The molecule has 1 heterocycles. The van der Waals surface area contributed by atoms with Gasteiger partial charge in [-0.1, -0.05) is 25.4 Å². The van der Waals surface area contributed by atoms with Crippen molar-refractivity contribution in [3.63, 3.8) is 0 Å². The molecular weight excluding hydrogens is 228 g/mol. The fraction of sp³-hybridized carbons (Fsp3) is 0.636. The average molecular weight is 245 g/mol. The third-order valence-corrected chi connectivity index (χ3v) is 2.43. The molecule has 0 saturated carbocycles. The SMILES string of the molecule is COCc1nc(Cl)cc(OC(C)C(C)C)n1. The summed E-state index contributed by atoms with van der Waals surface area (Å²) >= 11 is 5.86. The van der Waals surface area contributed by atoms with Gasteiger partial charge in [0.15, 0.2) is 5.82 Å². The van der Waals surface area contributed by atoms with E-state index in [1.54, 1.807) is 13.2 Å². The predicted octanol–water partition coefficient (Wildman–Crippen LogP) is 2.70. The van der Waals surface area contributed by atoms with Gasteiger partial charge < -0.3 is 9.47 Å². The fourth-order valence-electron chi connectivity index (χ4n) is 1.02. The molecule has 4 nitrogen and oxygen atoms in total. The normalized spacial score (nSPS) is 12.9. The Balaban J connectivity index is 2.79. The number of hydrogen-bond donors (Lipinski definition) is 0. The van der Waals surface area contributed by atoms with Crippen molar-refractivity contribution in [2.45, 2.75) is 33.5 Å². The molecule has 0 spiro atoms. The van der Waals surface area contributed by atoms with Crippen LogP contribution in [-0.4, -0.2) is 23.2 Å². The van der Waals surface area contributed by atoms with Crippen LogP contribution in [0.15, 0.2) is 6.07 Å². The topological polar surface area (TPSA) is 44.2 Å². The largest absolute Gasteiger partial charge is 0.474 e. The van der Waals surface area contributed by atoms with E-state index in [1.165, 1.54) is 0 Å². The van der Waals surface area contributed by atoms with Gasteiger partial charge in [0.25, 0.3) is 0 Å². The third-order valence-electron chi connectivity index (χ3n) is 2.24. The molecule has 0 aliphatic carbocycles. The molecule has 16 heavy (non-hydrogen) atoms. The molecule has 1 aromatic rings. The lowest BCUT2D eigenvalue weighted by Gasteiger charge is -2.17. The van der Waals surface area contributed by atoms with Gasteiger partial charge in [-0.25, -0.2) is 4.98 Å². The molecule has 0 aliphatic rings. The van der Waals surface area contributed by atoms with Gasteiger partial charge in [0.05, 0.1) is 6.10 Å². The Bertz CT molecular complexity index is 345. The van der Waals surface area contributed by atoms with Gasteiger partial charge in [0, 0.05) is 13.2 Å². The molecule has 0 fully saturated rings. The van der Waals surface area contributed by atoms with Crippen LogP contribution in [0, 0.1) is 5.92 Å². The number of rotatable bonds is 5. The van der Waals surface area contributed by atoms with E-state index in [0.29, 0.717) is 29.4 Å². The van der Waals surface area contributed by atoms with E-state index in [9.17, 15) is 0 Å². The molecule has 1 rings (SSSR count). The number of halogens is 1. The van der Waals surface area contributed by atoms with Crippen LogP contribution in [0.5, 0.6) is 5.88 Å². The first kappa shape index (κ1) is 13.2. The molecule has 0 bridgehead atoms. The first-order valence-electron chi connectivity index (χ1n) is 5.22. The Kier molecular flexibility index (Phi) is 4.96. The van der Waals surface area contributed by atoms with E-state index < -0.39 is 0 Å². The molecule has 0 saturated heterocycles. The van der Waals surface area contributed by atoms with E-state index in [2.05, 4.69) is 23.8 Å². The van der Waals surface area contributed by atoms with Crippen molar-refractivity contribution < 1.29 is 9.47 Å². The number of hydrogen-bond acceptors (Lipinski definition) is 4. The summed E-state index contributed by atoms with van der Waals surface area (Å²) in [5.41, 5.74) is 0. The van der Waals surface area contributed by atoms with Crippen molar-refractivity contribution in [2.75, 3.05) is 7.11 Å². The van der Waals surface area contributed by atoms with Crippen LogP contribution in [0.4, 0.5) is 0 Å². The van der Waals surface area contributed by atoms with Crippen LogP contribution in [0.3, 0.4) is 0 Å². The Labute approximate surface area is 101 Å². The highest BCUT2D eigenvalue weighted by molar-refractivity contribution is 6.29. The molecule has 1 aromatic heterocycles. The summed E-state index contributed by atoms with van der Waals surface area (Å²) in [5.74, 6) is 1.44. The Morgan fingerprint density at radius 2 is 2.00 bits per heavy atom. The second-order valence-electron chi connectivity index (χ2n) is 3.95. The van der Waals surface area contributed by atoms with Gasteiger partial charge in [0.2, 0.25) is 5.88 Å². The average Bonchev–Trinajstić information content (AvgIpc) is 2.16. The van der Waals surface area contributed by atoms with E-state index >= 15 is 0 Å². The van der Waals surface area contributed by atoms with Crippen molar-refractivity contribution in [1.82, 2.24) is 9.97 Å². The van der Waals surface area contributed by atoms with Crippen LogP contribution in [0.2, 0.25) is 5.15 Å². The first-order valence-corrected chi connectivity index (χ1v) is 5.59. The lowest BCUT2D eigenvalue weighted by Crippen LogP contribution is -2.19. The number of ether oxygens (including phenoxy) is 2. The van der Waals surface area contributed by atoms with Crippen molar-refractivity contribution in [3.8, 4) is 5.88 Å². The van der Waals surface area contributed by atoms with Crippen LogP contribution in [0.25, 0.3) is 0 Å². The van der Waals surface area contributed by atoms with Crippen LogP contribution >= 0.6 is 11.6 Å². The number of nitrogens with zero attached hydrogens (tertiary/aromatic N) is 2. The molecule has 90 valence electrons. The van der Waals surface area contributed by atoms with Crippen molar-refractivity contribution >= 4 is 11.6 Å². The third kappa shape index (κ3) is 3.94. The molecular formula is C11H17ClN2O2. The summed E-state index contributed by atoms with van der Waals surface area (Å²) in [4.78, 5) is 8.23. The molecule has 0 amide bonds. The highest BCUT2D eigenvalue weighted by Gasteiger charge is 2.11. The maximum atomic E-state index is 5.86. The molecule has 5 heteroatoms. The minimum Gasteiger partial charge on any atom is -0.474 e. The lowest BCUT2D eigenvalue weighted by molar-refractivity contribution is 0.155. The summed E-state index contributed by atoms with van der Waals surface area (Å²) in [7, 11) is 1.58. The maximum Gasteiger partial charge on any atom is 0.218 e. The van der Waals surface area contributed by atoms with E-state index in [0.717, 1.165) is 0 Å². The smallest absolute Gasteiger partial charge is 0.218 e.